The van der Waals surface area contributed by atoms with Crippen molar-refractivity contribution in [2.75, 3.05) is 6.61 Å². The molecule has 0 saturated carbocycles. The lowest BCUT2D eigenvalue weighted by Crippen LogP contribution is -2.10. The summed E-state index contributed by atoms with van der Waals surface area (Å²) in [5.41, 5.74) is 0.127. The molecule has 1 rings (SSSR count). The highest BCUT2D eigenvalue weighted by Crippen LogP contribution is 2.25. The smallest absolute Gasteiger partial charge is 0.339 e. The average Bonchev–Trinajstić information content (AvgIpc) is 2.33. The average molecular weight is 266 g/mol. The van der Waals surface area contributed by atoms with Gasteiger partial charge in [-0.25, -0.2) is 9.59 Å². The Morgan fingerprint density at radius 2 is 1.84 bits per heavy atom. The molecule has 0 aliphatic heterocycles. The second-order valence-electron chi connectivity index (χ2n) is 4.28. The number of rotatable bonds is 7. The monoisotopic (exact) mass is 266 g/mol. The molecule has 0 atom stereocenters. The Bertz CT molecular complexity index is 479. The van der Waals surface area contributed by atoms with E-state index in [9.17, 15) is 14.7 Å². The van der Waals surface area contributed by atoms with E-state index in [1.165, 1.54) is 19.1 Å². The van der Waals surface area contributed by atoms with E-state index in [0.29, 0.717) is 6.61 Å². The molecule has 0 fully saturated rings. The summed E-state index contributed by atoms with van der Waals surface area (Å²) >= 11 is 0. The highest BCUT2D eigenvalue weighted by atomic mass is 16.5. The predicted molar refractivity (Wildman–Crippen MR) is 70.1 cm³/mol. The summed E-state index contributed by atoms with van der Waals surface area (Å²) in [6.07, 6.45) is 2.90. The first-order valence-electron chi connectivity index (χ1n) is 6.22. The molecule has 1 aromatic carbocycles. The van der Waals surface area contributed by atoms with Crippen molar-refractivity contribution < 1.29 is 24.5 Å². The maximum absolute atomic E-state index is 11.2. The van der Waals surface area contributed by atoms with E-state index in [4.69, 9.17) is 9.84 Å². The van der Waals surface area contributed by atoms with Crippen molar-refractivity contribution in [3.8, 4) is 5.75 Å². The molecule has 0 radical (unpaired) electrons. The Labute approximate surface area is 111 Å². The third-order valence-corrected chi connectivity index (χ3v) is 2.88. The first-order valence-corrected chi connectivity index (χ1v) is 6.22. The predicted octanol–water partition coefficient (Wildman–Crippen LogP) is 2.96. The molecule has 5 nitrogen and oxygen atoms in total. The van der Waals surface area contributed by atoms with Gasteiger partial charge < -0.3 is 14.9 Å². The lowest BCUT2D eigenvalue weighted by atomic mass is 10.0. The molecule has 0 aliphatic carbocycles. The van der Waals surface area contributed by atoms with Crippen LogP contribution in [0.3, 0.4) is 0 Å². The SMILES string of the molecule is CCCCCOc1ccc(C(=O)O)c(C)c1C(=O)O. The van der Waals surface area contributed by atoms with Crippen LogP contribution in [-0.4, -0.2) is 28.8 Å². The Morgan fingerprint density at radius 3 is 2.37 bits per heavy atom. The van der Waals surface area contributed by atoms with Crippen molar-refractivity contribution in [2.24, 2.45) is 0 Å². The molecule has 0 amide bonds. The van der Waals surface area contributed by atoms with E-state index in [-0.39, 0.29) is 22.4 Å². The van der Waals surface area contributed by atoms with Crippen molar-refractivity contribution in [3.05, 3.63) is 28.8 Å². The second kappa shape index (κ2) is 6.78. The van der Waals surface area contributed by atoms with Crippen LogP contribution >= 0.6 is 0 Å². The zero-order chi connectivity index (χ0) is 14.4. The standard InChI is InChI=1S/C14H18O5/c1-3-4-5-8-19-11-7-6-10(13(15)16)9(2)12(11)14(17)18/h6-7H,3-5,8H2,1-2H3,(H,15,16)(H,17,18). The summed E-state index contributed by atoms with van der Waals surface area (Å²) in [5.74, 6) is -2.09. The molecule has 19 heavy (non-hydrogen) atoms. The zero-order valence-corrected chi connectivity index (χ0v) is 11.1. The van der Waals surface area contributed by atoms with Crippen LogP contribution in [-0.2, 0) is 0 Å². The first-order chi connectivity index (χ1) is 8.99. The number of unbranched alkanes of at least 4 members (excludes halogenated alkanes) is 2. The van der Waals surface area contributed by atoms with Gasteiger partial charge in [0, 0.05) is 0 Å². The van der Waals surface area contributed by atoms with E-state index in [1.54, 1.807) is 0 Å². The summed E-state index contributed by atoms with van der Waals surface area (Å²) in [6, 6.07) is 2.78. The van der Waals surface area contributed by atoms with Gasteiger partial charge in [-0.1, -0.05) is 19.8 Å². The zero-order valence-electron chi connectivity index (χ0n) is 11.1. The molecule has 0 bridgehead atoms. The largest absolute Gasteiger partial charge is 0.493 e. The van der Waals surface area contributed by atoms with E-state index < -0.39 is 11.9 Å². The van der Waals surface area contributed by atoms with Gasteiger partial charge in [0.25, 0.3) is 0 Å². The number of carboxylic acid groups (broad SMARTS) is 2. The summed E-state index contributed by atoms with van der Waals surface area (Å²) in [5, 5.41) is 18.2. The quantitative estimate of drug-likeness (QED) is 0.741. The maximum atomic E-state index is 11.2. The molecule has 5 heteroatoms. The minimum atomic E-state index is -1.17. The number of hydrogen-bond acceptors (Lipinski definition) is 3. The highest BCUT2D eigenvalue weighted by molar-refractivity contribution is 5.98. The number of benzene rings is 1. The molecule has 0 heterocycles. The normalized spacial score (nSPS) is 10.2. The fourth-order valence-corrected chi connectivity index (χ4v) is 1.84. The molecule has 0 spiro atoms. The highest BCUT2D eigenvalue weighted by Gasteiger charge is 2.20. The van der Waals surface area contributed by atoms with Crippen molar-refractivity contribution in [3.63, 3.8) is 0 Å². The lowest BCUT2D eigenvalue weighted by molar-refractivity contribution is 0.0691. The van der Waals surface area contributed by atoms with Crippen LogP contribution < -0.4 is 4.74 Å². The maximum Gasteiger partial charge on any atom is 0.339 e. The van der Waals surface area contributed by atoms with Crippen LogP contribution in [0.2, 0.25) is 0 Å². The number of ether oxygens (including phenoxy) is 1. The van der Waals surface area contributed by atoms with E-state index >= 15 is 0 Å². The fraction of sp³-hybridized carbons (Fsp3) is 0.429. The molecule has 0 saturated heterocycles. The molecule has 1 aromatic rings. The van der Waals surface area contributed by atoms with Gasteiger partial charge in [-0.15, -0.1) is 0 Å². The summed E-state index contributed by atoms with van der Waals surface area (Å²) in [4.78, 5) is 22.2. The number of hydrogen-bond donors (Lipinski definition) is 2. The minimum absolute atomic E-state index is 0.0155. The van der Waals surface area contributed by atoms with Gasteiger partial charge in [0.1, 0.15) is 11.3 Å². The molecular weight excluding hydrogens is 248 g/mol. The minimum Gasteiger partial charge on any atom is -0.493 e. The van der Waals surface area contributed by atoms with Crippen molar-refractivity contribution in [1.82, 2.24) is 0 Å². The van der Waals surface area contributed by atoms with Gasteiger partial charge in [0.2, 0.25) is 0 Å². The van der Waals surface area contributed by atoms with Crippen molar-refractivity contribution >= 4 is 11.9 Å². The number of carbonyl (C=O) groups is 2. The van der Waals surface area contributed by atoms with Crippen molar-refractivity contribution in [2.45, 2.75) is 33.1 Å². The summed E-state index contributed by atoms with van der Waals surface area (Å²) in [7, 11) is 0. The Morgan fingerprint density at radius 1 is 1.16 bits per heavy atom. The van der Waals surface area contributed by atoms with Crippen LogP contribution in [0, 0.1) is 6.92 Å². The van der Waals surface area contributed by atoms with Gasteiger partial charge in [0.05, 0.1) is 12.2 Å². The van der Waals surface area contributed by atoms with Crippen LogP contribution in [0.1, 0.15) is 52.5 Å². The molecule has 2 N–H and O–H groups in total. The lowest BCUT2D eigenvalue weighted by Gasteiger charge is -2.12. The molecule has 0 aliphatic rings. The van der Waals surface area contributed by atoms with Crippen molar-refractivity contribution in [1.29, 1.82) is 0 Å². The van der Waals surface area contributed by atoms with Gasteiger partial charge in [-0.3, -0.25) is 0 Å². The Balaban J connectivity index is 3.01. The van der Waals surface area contributed by atoms with E-state index in [2.05, 4.69) is 6.92 Å². The second-order valence-corrected chi connectivity index (χ2v) is 4.28. The van der Waals surface area contributed by atoms with Crippen LogP contribution in [0.5, 0.6) is 5.75 Å². The van der Waals surface area contributed by atoms with Gasteiger partial charge in [0.15, 0.2) is 0 Å². The van der Waals surface area contributed by atoms with Crippen LogP contribution in [0.25, 0.3) is 0 Å². The van der Waals surface area contributed by atoms with E-state index in [0.717, 1.165) is 19.3 Å². The molecule has 0 aromatic heterocycles. The molecular formula is C14H18O5. The third kappa shape index (κ3) is 3.71. The number of aromatic carboxylic acids is 2. The van der Waals surface area contributed by atoms with Gasteiger partial charge in [-0.2, -0.15) is 0 Å². The summed E-state index contributed by atoms with van der Waals surface area (Å²) in [6.45, 7) is 3.97. The Hall–Kier alpha value is -2.04. The van der Waals surface area contributed by atoms with Crippen LogP contribution in [0.4, 0.5) is 0 Å². The molecule has 104 valence electrons. The third-order valence-electron chi connectivity index (χ3n) is 2.88. The van der Waals surface area contributed by atoms with Gasteiger partial charge in [-0.05, 0) is 31.0 Å². The first kappa shape index (κ1) is 15.0. The Kier molecular flexibility index (Phi) is 5.36. The van der Waals surface area contributed by atoms with E-state index in [1.807, 2.05) is 0 Å². The van der Waals surface area contributed by atoms with Gasteiger partial charge >= 0.3 is 11.9 Å². The fourth-order valence-electron chi connectivity index (χ4n) is 1.84. The molecule has 0 unspecified atom stereocenters. The van der Waals surface area contributed by atoms with Crippen LogP contribution in [0.15, 0.2) is 12.1 Å². The topological polar surface area (TPSA) is 83.8 Å². The number of carboxylic acids is 2. The summed E-state index contributed by atoms with van der Waals surface area (Å²) < 4.78 is 5.44.